The Morgan fingerprint density at radius 1 is 0.457 bits per heavy atom. The minimum absolute atomic E-state index is 0. The summed E-state index contributed by atoms with van der Waals surface area (Å²) in [6.45, 7) is 23.0. The molecule has 46 heavy (non-hydrogen) atoms. The van der Waals surface area contributed by atoms with Gasteiger partial charge in [-0.25, -0.2) is 0 Å². The Labute approximate surface area is 298 Å². The van der Waals surface area contributed by atoms with E-state index in [4.69, 9.17) is 0 Å². The van der Waals surface area contributed by atoms with Gasteiger partial charge in [-0.2, -0.15) is 12.1 Å². The van der Waals surface area contributed by atoms with Crippen LogP contribution < -0.4 is 0 Å². The van der Waals surface area contributed by atoms with E-state index in [0.29, 0.717) is 0 Å². The molecule has 1 heteroatoms. The largest absolute Gasteiger partial charge is 4.00 e. The molecule has 0 aliphatic carbocycles. The summed E-state index contributed by atoms with van der Waals surface area (Å²) in [6.07, 6.45) is 0. The number of fused-ring (bicyclic) bond motifs is 2. The number of rotatable bonds is 4. The number of aryl methyl sites for hydroxylation is 2. The van der Waals surface area contributed by atoms with Crippen molar-refractivity contribution in [3.8, 4) is 22.3 Å². The molecule has 0 saturated heterocycles. The number of benzene rings is 4. The van der Waals surface area contributed by atoms with Crippen molar-refractivity contribution in [2.45, 2.75) is 85.5 Å². The molecule has 0 heterocycles. The van der Waals surface area contributed by atoms with Gasteiger partial charge < -0.3 is 14.9 Å². The molecule has 0 atom stereocenters. The molecular weight excluding hydrogens is 719 g/mol. The van der Waals surface area contributed by atoms with Crippen LogP contribution in [-0.4, -0.2) is 0 Å². The molecule has 0 nitrogen and oxygen atoms in total. The van der Waals surface area contributed by atoms with Crippen LogP contribution in [0, 0.1) is 28.7 Å². The van der Waals surface area contributed by atoms with Gasteiger partial charge in [0.2, 0.25) is 0 Å². The van der Waals surface area contributed by atoms with Crippen molar-refractivity contribution >= 4 is 21.5 Å². The quantitative estimate of drug-likeness (QED) is 0.124. The van der Waals surface area contributed by atoms with Gasteiger partial charge in [-0.05, 0) is 63.5 Å². The van der Waals surface area contributed by atoms with E-state index >= 15 is 0 Å². The van der Waals surface area contributed by atoms with Crippen LogP contribution in [-0.2, 0) is 42.1 Å². The van der Waals surface area contributed by atoms with Crippen molar-refractivity contribution in [3.63, 3.8) is 0 Å². The van der Waals surface area contributed by atoms with Crippen molar-refractivity contribution in [1.82, 2.24) is 0 Å². The first-order valence-corrected chi connectivity index (χ1v) is 15.8. The van der Waals surface area contributed by atoms with E-state index in [0.717, 1.165) is 0 Å². The third-order valence-corrected chi connectivity index (χ3v) is 9.71. The Hall–Kier alpha value is -3.03. The molecule has 0 aliphatic rings. The molecular formula is C45H52Hf. The van der Waals surface area contributed by atoms with Crippen LogP contribution >= 0.6 is 0 Å². The summed E-state index contributed by atoms with van der Waals surface area (Å²) >= 11 is 0. The smallest absolute Gasteiger partial charge is 0.358 e. The molecule has 0 N–H and O–H groups in total. The van der Waals surface area contributed by atoms with Crippen LogP contribution in [0.5, 0.6) is 0 Å². The second kappa shape index (κ2) is 13.2. The maximum atomic E-state index is 2.44. The molecule has 0 spiro atoms. The van der Waals surface area contributed by atoms with Crippen molar-refractivity contribution < 1.29 is 25.8 Å². The molecule has 0 amide bonds. The van der Waals surface area contributed by atoms with Crippen LogP contribution in [0.15, 0.2) is 97.1 Å². The van der Waals surface area contributed by atoms with E-state index in [-0.39, 0.29) is 56.9 Å². The zero-order valence-corrected chi connectivity index (χ0v) is 33.8. The normalized spacial score (nSPS) is 12.0. The monoisotopic (exact) mass is 772 g/mol. The van der Waals surface area contributed by atoms with Crippen LogP contribution in [0.2, 0.25) is 0 Å². The number of hydrogen-bond acceptors (Lipinski definition) is 0. The average Bonchev–Trinajstić information content (AvgIpc) is 3.58. The fourth-order valence-corrected chi connectivity index (χ4v) is 6.69. The standard InChI is InChI=1S/C43H46.2CH3.Hf/c1-27-21-31(41(3,4)5)17-19-35(27)37-15-11-13-29-23-33(25-39(29)37)43(9,10)34-24-30-14-12-16-38(40(30)26-34)36-20-18-32(22-28(36)2)42(6,7)8;;;/h11-26H,1-10H3;2*1H3;/q-2;2*-1;+4. The van der Waals surface area contributed by atoms with Crippen LogP contribution in [0.3, 0.4) is 0 Å². The van der Waals surface area contributed by atoms with E-state index in [1.54, 1.807) is 0 Å². The van der Waals surface area contributed by atoms with E-state index < -0.39 is 0 Å². The molecule has 0 fully saturated rings. The third-order valence-electron chi connectivity index (χ3n) is 9.71. The van der Waals surface area contributed by atoms with E-state index in [1.807, 2.05) is 0 Å². The van der Waals surface area contributed by atoms with Gasteiger partial charge in [-0.1, -0.05) is 115 Å². The Morgan fingerprint density at radius 3 is 1.15 bits per heavy atom. The van der Waals surface area contributed by atoms with E-state index in [9.17, 15) is 0 Å². The van der Waals surface area contributed by atoms with Gasteiger partial charge >= 0.3 is 25.8 Å². The molecule has 0 aliphatic heterocycles. The van der Waals surface area contributed by atoms with E-state index in [1.165, 1.54) is 77.2 Å². The summed E-state index contributed by atoms with van der Waals surface area (Å²) < 4.78 is 0. The molecule has 6 rings (SSSR count). The summed E-state index contributed by atoms with van der Waals surface area (Å²) in [5.74, 6) is 0. The Morgan fingerprint density at radius 2 is 0.826 bits per heavy atom. The summed E-state index contributed by atoms with van der Waals surface area (Å²) in [7, 11) is 0. The SMILES string of the molecule is Cc1cc(C(C)(C)C)ccc1-c1cccc2[cH-]c(C(C)(C)c3cc4c(-c5ccc(C(C)(C)C)cc5C)cccc4[cH-]3)cc12.[CH3-].[CH3-].[Hf+4]. The van der Waals surface area contributed by atoms with Gasteiger partial charge in [-0.15, -0.1) is 69.1 Å². The summed E-state index contributed by atoms with van der Waals surface area (Å²) in [4.78, 5) is 0. The maximum absolute atomic E-state index is 2.44. The number of hydrogen-bond donors (Lipinski definition) is 0. The topological polar surface area (TPSA) is 0 Å². The predicted octanol–water partition coefficient (Wildman–Crippen LogP) is 13.2. The van der Waals surface area contributed by atoms with Crippen molar-refractivity contribution in [2.24, 2.45) is 0 Å². The Balaban J connectivity index is 0.00000192. The predicted molar refractivity (Wildman–Crippen MR) is 202 cm³/mol. The first-order chi connectivity index (χ1) is 20.1. The third kappa shape index (κ3) is 6.68. The molecule has 0 unspecified atom stereocenters. The zero-order chi connectivity index (χ0) is 30.9. The van der Waals surface area contributed by atoms with Crippen LogP contribution in [0.1, 0.15) is 88.8 Å². The molecule has 6 aromatic carbocycles. The first-order valence-electron chi connectivity index (χ1n) is 15.8. The van der Waals surface area contributed by atoms with Gasteiger partial charge in [0, 0.05) is 0 Å². The van der Waals surface area contributed by atoms with Crippen LogP contribution in [0.4, 0.5) is 0 Å². The van der Waals surface area contributed by atoms with Gasteiger partial charge in [0.15, 0.2) is 0 Å². The minimum Gasteiger partial charge on any atom is -0.358 e. The minimum atomic E-state index is -0.136. The Bertz CT molecular complexity index is 1830. The molecule has 0 radical (unpaired) electrons. The molecule has 0 saturated carbocycles. The van der Waals surface area contributed by atoms with Gasteiger partial charge in [0.25, 0.3) is 0 Å². The van der Waals surface area contributed by atoms with Crippen molar-refractivity contribution in [2.75, 3.05) is 0 Å². The van der Waals surface area contributed by atoms with Crippen molar-refractivity contribution in [1.29, 1.82) is 0 Å². The molecule has 6 aromatic rings. The van der Waals surface area contributed by atoms with Crippen LogP contribution in [0.25, 0.3) is 43.8 Å². The summed E-state index contributed by atoms with van der Waals surface area (Å²) in [5, 5.41) is 5.30. The first kappa shape index (κ1) is 37.4. The fourth-order valence-electron chi connectivity index (χ4n) is 6.69. The average molecular weight is 771 g/mol. The summed E-state index contributed by atoms with van der Waals surface area (Å²) in [6, 6.07) is 37.2. The summed E-state index contributed by atoms with van der Waals surface area (Å²) in [5.41, 5.74) is 13.6. The Kier molecular flexibility index (Phi) is 10.8. The molecule has 0 bridgehead atoms. The van der Waals surface area contributed by atoms with E-state index in [2.05, 4.69) is 166 Å². The fraction of sp³-hybridized carbons (Fsp3) is 0.289. The van der Waals surface area contributed by atoms with Gasteiger partial charge in [0.05, 0.1) is 0 Å². The second-order valence-corrected chi connectivity index (χ2v) is 15.3. The van der Waals surface area contributed by atoms with Gasteiger partial charge in [0.1, 0.15) is 0 Å². The van der Waals surface area contributed by atoms with Crippen molar-refractivity contribution in [3.05, 3.63) is 145 Å². The molecule has 236 valence electrons. The molecule has 0 aromatic heterocycles. The van der Waals surface area contributed by atoms with Gasteiger partial charge in [-0.3, -0.25) is 0 Å². The maximum Gasteiger partial charge on any atom is 4.00 e. The zero-order valence-electron chi connectivity index (χ0n) is 30.2. The second-order valence-electron chi connectivity index (χ2n) is 15.3.